The summed E-state index contributed by atoms with van der Waals surface area (Å²) in [6.45, 7) is 6.98. The average molecular weight is 293 g/mol. The number of carbonyl (C=O) groups excluding carboxylic acids is 1. The number of ether oxygens (including phenoxy) is 2. The van der Waals surface area contributed by atoms with E-state index in [0.717, 1.165) is 18.7 Å². The molecule has 6 nitrogen and oxygen atoms in total. The maximum Gasteiger partial charge on any atom is 0.410 e. The number of carbonyl (C=O) groups is 1. The monoisotopic (exact) mass is 293 g/mol. The van der Waals surface area contributed by atoms with Crippen molar-refractivity contribution in [3.63, 3.8) is 0 Å². The van der Waals surface area contributed by atoms with Crippen LogP contribution in [0.15, 0.2) is 12.4 Å². The van der Waals surface area contributed by atoms with Crippen molar-refractivity contribution in [1.82, 2.24) is 14.9 Å². The lowest BCUT2D eigenvalue weighted by Gasteiger charge is -2.32. The number of hydrogen-bond acceptors (Lipinski definition) is 5. The number of aromatic nitrogens is 2. The lowest BCUT2D eigenvalue weighted by Crippen LogP contribution is -2.41. The highest BCUT2D eigenvalue weighted by Gasteiger charge is 2.28. The van der Waals surface area contributed by atoms with Gasteiger partial charge in [-0.2, -0.15) is 0 Å². The summed E-state index contributed by atoms with van der Waals surface area (Å²) in [4.78, 5) is 22.4. The molecule has 1 aromatic rings. The van der Waals surface area contributed by atoms with Gasteiger partial charge >= 0.3 is 6.09 Å². The van der Waals surface area contributed by atoms with Crippen LogP contribution in [0.1, 0.15) is 45.4 Å². The van der Waals surface area contributed by atoms with Crippen molar-refractivity contribution in [2.45, 2.75) is 45.1 Å². The van der Waals surface area contributed by atoms with Crippen LogP contribution in [0.4, 0.5) is 4.79 Å². The molecule has 0 N–H and O–H groups in total. The van der Waals surface area contributed by atoms with E-state index in [1.54, 1.807) is 24.4 Å². The first-order valence-electron chi connectivity index (χ1n) is 7.23. The molecule has 1 aliphatic heterocycles. The third-order valence-electron chi connectivity index (χ3n) is 3.40. The van der Waals surface area contributed by atoms with Crippen molar-refractivity contribution in [3.8, 4) is 5.75 Å². The van der Waals surface area contributed by atoms with Crippen molar-refractivity contribution < 1.29 is 14.3 Å². The van der Waals surface area contributed by atoms with Gasteiger partial charge in [-0.3, -0.25) is 0 Å². The zero-order chi connectivity index (χ0) is 15.5. The molecular formula is C15H23N3O3. The van der Waals surface area contributed by atoms with E-state index in [2.05, 4.69) is 9.97 Å². The van der Waals surface area contributed by atoms with Crippen LogP contribution in [-0.4, -0.2) is 46.8 Å². The van der Waals surface area contributed by atoms with Crippen molar-refractivity contribution in [1.29, 1.82) is 0 Å². The normalized spacial score (nSPS) is 16.7. The van der Waals surface area contributed by atoms with Gasteiger partial charge in [-0.25, -0.2) is 14.8 Å². The maximum atomic E-state index is 12.0. The second-order valence-electron chi connectivity index (χ2n) is 6.22. The number of amides is 1. The van der Waals surface area contributed by atoms with Crippen LogP contribution in [0.25, 0.3) is 0 Å². The van der Waals surface area contributed by atoms with Gasteiger partial charge in [-0.15, -0.1) is 0 Å². The molecule has 0 bridgehead atoms. The van der Waals surface area contributed by atoms with Crippen LogP contribution in [0, 0.1) is 0 Å². The lowest BCUT2D eigenvalue weighted by atomic mass is 9.96. The first-order valence-corrected chi connectivity index (χ1v) is 7.23. The van der Waals surface area contributed by atoms with E-state index < -0.39 is 5.60 Å². The molecule has 1 aromatic heterocycles. The van der Waals surface area contributed by atoms with Crippen molar-refractivity contribution in [2.75, 3.05) is 20.2 Å². The van der Waals surface area contributed by atoms with Crippen molar-refractivity contribution in [2.24, 2.45) is 0 Å². The smallest absolute Gasteiger partial charge is 0.410 e. The molecule has 0 saturated carbocycles. The zero-order valence-corrected chi connectivity index (χ0v) is 13.1. The fraction of sp³-hybridized carbons (Fsp3) is 0.667. The van der Waals surface area contributed by atoms with Crippen LogP contribution in [0.5, 0.6) is 5.75 Å². The van der Waals surface area contributed by atoms with Crippen molar-refractivity contribution in [3.05, 3.63) is 18.2 Å². The predicted molar refractivity (Wildman–Crippen MR) is 78.4 cm³/mol. The molecule has 0 spiro atoms. The second-order valence-corrected chi connectivity index (χ2v) is 6.22. The molecule has 0 atom stereocenters. The Morgan fingerprint density at radius 2 is 1.81 bits per heavy atom. The van der Waals surface area contributed by atoms with Gasteiger partial charge in [-0.1, -0.05) is 0 Å². The Bertz CT molecular complexity index is 474. The first kappa shape index (κ1) is 15.5. The molecule has 0 aliphatic carbocycles. The minimum Gasteiger partial charge on any atom is -0.494 e. The number of likely N-dealkylation sites (tertiary alicyclic amines) is 1. The molecule has 1 saturated heterocycles. The lowest BCUT2D eigenvalue weighted by molar-refractivity contribution is 0.0203. The Balaban J connectivity index is 1.89. The quantitative estimate of drug-likeness (QED) is 0.838. The van der Waals surface area contributed by atoms with Gasteiger partial charge in [0.1, 0.15) is 11.4 Å². The Morgan fingerprint density at radius 1 is 1.24 bits per heavy atom. The summed E-state index contributed by atoms with van der Waals surface area (Å²) < 4.78 is 10.4. The zero-order valence-electron chi connectivity index (χ0n) is 13.1. The summed E-state index contributed by atoms with van der Waals surface area (Å²) in [5.74, 6) is 1.76. The van der Waals surface area contributed by atoms with E-state index in [1.165, 1.54) is 0 Å². The van der Waals surface area contributed by atoms with Gasteiger partial charge in [0.05, 0.1) is 19.5 Å². The number of hydrogen-bond donors (Lipinski definition) is 0. The third-order valence-corrected chi connectivity index (χ3v) is 3.40. The summed E-state index contributed by atoms with van der Waals surface area (Å²) in [6.07, 6.45) is 4.83. The van der Waals surface area contributed by atoms with Crippen molar-refractivity contribution >= 4 is 6.09 Å². The van der Waals surface area contributed by atoms with E-state index in [0.29, 0.717) is 18.8 Å². The van der Waals surface area contributed by atoms with Gasteiger partial charge in [0.15, 0.2) is 5.75 Å². The molecule has 0 unspecified atom stereocenters. The van der Waals surface area contributed by atoms with Gasteiger partial charge in [0.2, 0.25) is 0 Å². The van der Waals surface area contributed by atoms with Gasteiger partial charge in [0.25, 0.3) is 0 Å². The van der Waals surface area contributed by atoms with E-state index >= 15 is 0 Å². The highest BCUT2D eigenvalue weighted by atomic mass is 16.6. The summed E-state index contributed by atoms with van der Waals surface area (Å²) in [5, 5.41) is 0. The summed E-state index contributed by atoms with van der Waals surface area (Å²) in [7, 11) is 1.59. The largest absolute Gasteiger partial charge is 0.494 e. The van der Waals surface area contributed by atoms with Crippen LogP contribution in [0.3, 0.4) is 0 Å². The van der Waals surface area contributed by atoms with E-state index in [-0.39, 0.29) is 12.0 Å². The SMILES string of the molecule is COc1cnc(C2CCN(C(=O)OC(C)(C)C)CC2)nc1. The fourth-order valence-corrected chi connectivity index (χ4v) is 2.29. The maximum absolute atomic E-state index is 12.0. The first-order chi connectivity index (χ1) is 9.89. The second kappa shape index (κ2) is 6.28. The third kappa shape index (κ3) is 4.31. The highest BCUT2D eigenvalue weighted by molar-refractivity contribution is 5.68. The van der Waals surface area contributed by atoms with E-state index in [9.17, 15) is 4.79 Å². The summed E-state index contributed by atoms with van der Waals surface area (Å²) >= 11 is 0. The Morgan fingerprint density at radius 3 is 2.29 bits per heavy atom. The summed E-state index contributed by atoms with van der Waals surface area (Å²) in [6, 6.07) is 0. The van der Waals surface area contributed by atoms with Crippen LogP contribution < -0.4 is 4.74 Å². The van der Waals surface area contributed by atoms with E-state index in [4.69, 9.17) is 9.47 Å². The van der Waals surface area contributed by atoms with Crippen LogP contribution in [0.2, 0.25) is 0 Å². The molecule has 0 aromatic carbocycles. The molecule has 116 valence electrons. The number of piperidine rings is 1. The Hall–Kier alpha value is -1.85. The molecule has 0 radical (unpaired) electrons. The topological polar surface area (TPSA) is 64.5 Å². The Kier molecular flexibility index (Phi) is 4.65. The molecule has 1 amide bonds. The molecule has 6 heteroatoms. The fourth-order valence-electron chi connectivity index (χ4n) is 2.29. The molecule has 1 aliphatic rings. The summed E-state index contributed by atoms with van der Waals surface area (Å²) in [5.41, 5.74) is -0.451. The molecular weight excluding hydrogens is 270 g/mol. The van der Waals surface area contributed by atoms with Crippen LogP contribution >= 0.6 is 0 Å². The highest BCUT2D eigenvalue weighted by Crippen LogP contribution is 2.26. The molecule has 1 fully saturated rings. The standard InChI is InChI=1S/C15H23N3O3/c1-15(2,3)21-14(19)18-7-5-11(6-8-18)13-16-9-12(20-4)10-17-13/h9-11H,5-8H2,1-4H3. The van der Waals surface area contributed by atoms with E-state index in [1.807, 2.05) is 20.8 Å². The molecule has 21 heavy (non-hydrogen) atoms. The molecule has 2 heterocycles. The number of nitrogens with zero attached hydrogens (tertiary/aromatic N) is 3. The molecule has 2 rings (SSSR count). The van der Waals surface area contributed by atoms with Gasteiger partial charge in [0, 0.05) is 19.0 Å². The minimum absolute atomic E-state index is 0.239. The van der Waals surface area contributed by atoms with Crippen LogP contribution in [-0.2, 0) is 4.74 Å². The van der Waals surface area contributed by atoms with Gasteiger partial charge < -0.3 is 14.4 Å². The average Bonchev–Trinajstić information content (AvgIpc) is 2.46. The van der Waals surface area contributed by atoms with Gasteiger partial charge in [-0.05, 0) is 33.6 Å². The Labute approximate surface area is 125 Å². The number of methoxy groups -OCH3 is 1. The number of rotatable bonds is 2. The minimum atomic E-state index is -0.451. The predicted octanol–water partition coefficient (Wildman–Crippen LogP) is 2.60.